The zero-order chi connectivity index (χ0) is 18.6. The third kappa shape index (κ3) is 3.59. The number of thioether (sulfide) groups is 1. The molecule has 4 rings (SSSR count). The molecule has 27 heavy (non-hydrogen) atoms. The molecule has 1 aliphatic heterocycles. The van der Waals surface area contributed by atoms with E-state index in [9.17, 15) is 0 Å². The third-order valence-electron chi connectivity index (χ3n) is 4.06. The summed E-state index contributed by atoms with van der Waals surface area (Å²) in [6.45, 7) is 3.73. The zero-order valence-corrected chi connectivity index (χ0v) is 15.6. The molecule has 7 heteroatoms. The Bertz CT molecular complexity index is 980. The highest BCUT2D eigenvalue weighted by Gasteiger charge is 2.26. The Hall–Kier alpha value is -3.06. The van der Waals surface area contributed by atoms with Gasteiger partial charge in [-0.05, 0) is 18.2 Å². The zero-order valence-electron chi connectivity index (χ0n) is 14.8. The monoisotopic (exact) mass is 378 g/mol. The smallest absolute Gasteiger partial charge is 0.247 e. The molecule has 2 aromatic carbocycles. The number of para-hydroxylation sites is 1. The minimum atomic E-state index is -0.434. The highest BCUT2D eigenvalue weighted by Crippen LogP contribution is 2.39. The van der Waals surface area contributed by atoms with Gasteiger partial charge >= 0.3 is 0 Å². The largest absolute Gasteiger partial charge is 0.497 e. The van der Waals surface area contributed by atoms with Gasteiger partial charge in [-0.1, -0.05) is 48.2 Å². The number of methoxy groups -OCH3 is 1. The predicted molar refractivity (Wildman–Crippen MR) is 106 cm³/mol. The molecular weight excluding hydrogens is 360 g/mol. The van der Waals surface area contributed by atoms with E-state index in [0.717, 1.165) is 22.6 Å². The van der Waals surface area contributed by atoms with Crippen molar-refractivity contribution in [2.45, 2.75) is 11.4 Å². The van der Waals surface area contributed by atoms with Gasteiger partial charge in [0.15, 0.2) is 11.9 Å². The van der Waals surface area contributed by atoms with E-state index in [1.807, 2.05) is 48.5 Å². The van der Waals surface area contributed by atoms with Gasteiger partial charge in [0.1, 0.15) is 5.75 Å². The van der Waals surface area contributed by atoms with E-state index in [1.54, 1.807) is 13.2 Å². The van der Waals surface area contributed by atoms with Gasteiger partial charge in [-0.3, -0.25) is 0 Å². The number of rotatable bonds is 5. The number of fused-ring (bicyclic) bond motifs is 3. The summed E-state index contributed by atoms with van der Waals surface area (Å²) in [7, 11) is 1.64. The molecule has 0 bridgehead atoms. The molecule has 2 heterocycles. The maximum absolute atomic E-state index is 6.23. The number of benzene rings is 2. The number of hydrogen-bond donors (Lipinski definition) is 1. The molecule has 136 valence electrons. The quantitative estimate of drug-likeness (QED) is 0.523. The summed E-state index contributed by atoms with van der Waals surface area (Å²) in [5, 5.41) is 12.6. The van der Waals surface area contributed by atoms with Crippen LogP contribution in [-0.4, -0.2) is 28.0 Å². The molecule has 0 amide bonds. The van der Waals surface area contributed by atoms with E-state index in [2.05, 4.69) is 27.1 Å². The Morgan fingerprint density at radius 1 is 1.22 bits per heavy atom. The van der Waals surface area contributed by atoms with E-state index in [1.165, 1.54) is 11.8 Å². The van der Waals surface area contributed by atoms with Crippen molar-refractivity contribution in [3.8, 4) is 22.9 Å². The summed E-state index contributed by atoms with van der Waals surface area (Å²) in [6.07, 6.45) is 1.37. The van der Waals surface area contributed by atoms with Gasteiger partial charge in [-0.25, -0.2) is 0 Å². The Labute approximate surface area is 161 Å². The highest BCUT2D eigenvalue weighted by atomic mass is 32.2. The molecule has 3 aromatic rings. The number of hydrogen-bond acceptors (Lipinski definition) is 7. The Kier molecular flexibility index (Phi) is 4.93. The lowest BCUT2D eigenvalue weighted by Gasteiger charge is -2.19. The number of aromatic nitrogens is 3. The van der Waals surface area contributed by atoms with Gasteiger partial charge in [-0.2, -0.15) is 4.98 Å². The fourth-order valence-corrected chi connectivity index (χ4v) is 3.31. The van der Waals surface area contributed by atoms with E-state index in [-0.39, 0.29) is 0 Å². The second-order valence-corrected chi connectivity index (χ2v) is 6.80. The SMILES string of the molecule is C=CCSc1nnc2c(n1)OC(c1cccc(OC)c1)Nc1ccccc1-2. The highest BCUT2D eigenvalue weighted by molar-refractivity contribution is 7.99. The van der Waals surface area contributed by atoms with Crippen LogP contribution < -0.4 is 14.8 Å². The van der Waals surface area contributed by atoms with Crippen molar-refractivity contribution >= 4 is 17.4 Å². The predicted octanol–water partition coefficient (Wildman–Crippen LogP) is 4.33. The molecule has 0 saturated carbocycles. The first-order chi connectivity index (χ1) is 13.3. The third-order valence-corrected chi connectivity index (χ3v) is 4.89. The van der Waals surface area contributed by atoms with Crippen LogP contribution in [0, 0.1) is 0 Å². The second kappa shape index (κ2) is 7.67. The Balaban J connectivity index is 1.79. The van der Waals surface area contributed by atoms with Crippen LogP contribution in [0.4, 0.5) is 5.69 Å². The van der Waals surface area contributed by atoms with Crippen LogP contribution in [0.2, 0.25) is 0 Å². The molecule has 1 aromatic heterocycles. The lowest BCUT2D eigenvalue weighted by molar-refractivity contribution is 0.224. The first-order valence-corrected chi connectivity index (χ1v) is 9.42. The van der Waals surface area contributed by atoms with Crippen LogP contribution in [0.3, 0.4) is 0 Å². The number of nitrogens with one attached hydrogen (secondary N) is 1. The molecular formula is C20H18N4O2S. The molecule has 0 radical (unpaired) electrons. The van der Waals surface area contributed by atoms with Crippen molar-refractivity contribution < 1.29 is 9.47 Å². The first-order valence-electron chi connectivity index (χ1n) is 8.43. The summed E-state index contributed by atoms with van der Waals surface area (Å²) in [4.78, 5) is 4.58. The van der Waals surface area contributed by atoms with Crippen LogP contribution in [0.1, 0.15) is 11.8 Å². The van der Waals surface area contributed by atoms with Crippen LogP contribution in [0.5, 0.6) is 11.6 Å². The number of anilines is 1. The number of nitrogens with zero attached hydrogens (tertiary/aromatic N) is 3. The van der Waals surface area contributed by atoms with Crippen LogP contribution in [0.25, 0.3) is 11.3 Å². The van der Waals surface area contributed by atoms with Gasteiger partial charge in [0, 0.05) is 22.6 Å². The maximum atomic E-state index is 6.23. The lowest BCUT2D eigenvalue weighted by atomic mass is 10.1. The summed E-state index contributed by atoms with van der Waals surface area (Å²) < 4.78 is 11.6. The summed E-state index contributed by atoms with van der Waals surface area (Å²) in [5.74, 6) is 1.91. The van der Waals surface area contributed by atoms with Gasteiger partial charge in [-0.15, -0.1) is 16.8 Å². The minimum Gasteiger partial charge on any atom is -0.497 e. The fraction of sp³-hybridized carbons (Fsp3) is 0.150. The summed E-state index contributed by atoms with van der Waals surface area (Å²) >= 11 is 1.46. The molecule has 0 aliphatic carbocycles. The molecule has 0 spiro atoms. The summed E-state index contributed by atoms with van der Waals surface area (Å²) in [6, 6.07) is 15.6. The molecule has 6 nitrogen and oxygen atoms in total. The van der Waals surface area contributed by atoms with Gasteiger partial charge < -0.3 is 14.8 Å². The fourth-order valence-electron chi connectivity index (χ4n) is 2.80. The van der Waals surface area contributed by atoms with Gasteiger partial charge in [0.2, 0.25) is 11.0 Å². The topological polar surface area (TPSA) is 69.2 Å². The van der Waals surface area contributed by atoms with Crippen LogP contribution in [0.15, 0.2) is 66.3 Å². The van der Waals surface area contributed by atoms with Crippen molar-refractivity contribution in [2.75, 3.05) is 18.2 Å². The standard InChI is InChI=1S/C20H18N4O2S/c1-3-11-27-20-22-19-17(23-24-20)15-9-4-5-10-16(15)21-18(26-19)13-7-6-8-14(12-13)25-2/h3-10,12,18,21H,1,11H2,2H3. The van der Waals surface area contributed by atoms with Gasteiger partial charge in [0.05, 0.1) is 7.11 Å². The van der Waals surface area contributed by atoms with Crippen LogP contribution >= 0.6 is 11.8 Å². The minimum absolute atomic E-state index is 0.434. The molecule has 1 atom stereocenters. The van der Waals surface area contributed by atoms with E-state index < -0.39 is 6.23 Å². The molecule has 0 fully saturated rings. The maximum Gasteiger partial charge on any atom is 0.247 e. The summed E-state index contributed by atoms with van der Waals surface area (Å²) in [5.41, 5.74) is 3.35. The Morgan fingerprint density at radius 2 is 2.11 bits per heavy atom. The second-order valence-electron chi connectivity index (χ2n) is 5.81. The molecule has 1 unspecified atom stereocenters. The molecule has 0 saturated heterocycles. The van der Waals surface area contributed by atoms with E-state index in [0.29, 0.717) is 22.5 Å². The van der Waals surface area contributed by atoms with Crippen molar-refractivity contribution in [3.05, 3.63) is 66.7 Å². The lowest BCUT2D eigenvalue weighted by Crippen LogP contribution is -2.17. The van der Waals surface area contributed by atoms with Crippen LogP contribution in [-0.2, 0) is 0 Å². The van der Waals surface area contributed by atoms with Gasteiger partial charge in [0.25, 0.3) is 0 Å². The van der Waals surface area contributed by atoms with E-state index >= 15 is 0 Å². The average Bonchev–Trinajstić information content (AvgIpc) is 2.88. The van der Waals surface area contributed by atoms with Crippen molar-refractivity contribution in [1.82, 2.24) is 15.2 Å². The average molecular weight is 378 g/mol. The number of ether oxygens (including phenoxy) is 2. The van der Waals surface area contributed by atoms with Crippen molar-refractivity contribution in [1.29, 1.82) is 0 Å². The molecule has 1 aliphatic rings. The van der Waals surface area contributed by atoms with Crippen molar-refractivity contribution in [2.24, 2.45) is 0 Å². The molecule has 1 N–H and O–H groups in total. The van der Waals surface area contributed by atoms with Crippen molar-refractivity contribution in [3.63, 3.8) is 0 Å². The Morgan fingerprint density at radius 3 is 2.96 bits per heavy atom. The van der Waals surface area contributed by atoms with E-state index in [4.69, 9.17) is 9.47 Å². The normalized spacial score (nSPS) is 14.8. The first kappa shape index (κ1) is 17.4.